The molecule has 1 aliphatic carbocycles. The Hall–Kier alpha value is -2.19. The summed E-state index contributed by atoms with van der Waals surface area (Å²) >= 11 is 0. The van der Waals surface area contributed by atoms with Crippen LogP contribution in [0.25, 0.3) is 0 Å². The van der Waals surface area contributed by atoms with E-state index in [-0.39, 0.29) is 48.9 Å². The lowest BCUT2D eigenvalue weighted by Crippen LogP contribution is -2.72. The number of halogens is 1. The summed E-state index contributed by atoms with van der Waals surface area (Å²) in [5, 5.41) is 3.12. The minimum absolute atomic E-state index is 0.0454. The molecular formula is C23H29FN2O5. The van der Waals surface area contributed by atoms with E-state index in [0.29, 0.717) is 25.5 Å². The summed E-state index contributed by atoms with van der Waals surface area (Å²) in [6, 6.07) is 4.24. The second-order valence-electron chi connectivity index (χ2n) is 9.18. The van der Waals surface area contributed by atoms with Crippen molar-refractivity contribution in [3.8, 4) is 5.75 Å². The van der Waals surface area contributed by atoms with Crippen molar-refractivity contribution in [2.24, 2.45) is 0 Å². The van der Waals surface area contributed by atoms with Gasteiger partial charge in [-0.2, -0.15) is 0 Å². The maximum absolute atomic E-state index is 14.0. The second-order valence-corrected chi connectivity index (χ2v) is 9.18. The zero-order chi connectivity index (χ0) is 21.4. The third-order valence-corrected chi connectivity index (χ3v) is 7.26. The lowest BCUT2D eigenvalue weighted by Gasteiger charge is -2.51. The number of hydrogen-bond donors (Lipinski definition) is 1. The molecule has 1 aromatic rings. The van der Waals surface area contributed by atoms with E-state index in [4.69, 9.17) is 14.2 Å². The second kappa shape index (κ2) is 8.39. The highest BCUT2D eigenvalue weighted by molar-refractivity contribution is 5.81. The van der Waals surface area contributed by atoms with E-state index in [1.54, 1.807) is 17.0 Å². The van der Waals surface area contributed by atoms with Gasteiger partial charge in [-0.25, -0.2) is 4.39 Å². The number of nitrogens with zero attached hydrogens (tertiary/aromatic N) is 1. The summed E-state index contributed by atoms with van der Waals surface area (Å²) in [7, 11) is 0. The van der Waals surface area contributed by atoms with Crippen molar-refractivity contribution in [3.05, 3.63) is 29.6 Å². The van der Waals surface area contributed by atoms with Crippen LogP contribution in [0.1, 0.15) is 50.0 Å². The Morgan fingerprint density at radius 3 is 2.77 bits per heavy atom. The number of fused-ring (bicyclic) bond motifs is 5. The fraction of sp³-hybridized carbons (Fsp3) is 0.652. The molecule has 2 bridgehead atoms. The van der Waals surface area contributed by atoms with Gasteiger partial charge >= 0.3 is 0 Å². The zero-order valence-corrected chi connectivity index (χ0v) is 17.6. The van der Waals surface area contributed by atoms with E-state index in [0.717, 1.165) is 44.1 Å². The highest BCUT2D eigenvalue weighted by Crippen LogP contribution is 2.40. The van der Waals surface area contributed by atoms with Gasteiger partial charge in [0, 0.05) is 12.1 Å². The van der Waals surface area contributed by atoms with Gasteiger partial charge in [0.15, 0.2) is 6.61 Å². The molecule has 8 heteroatoms. The third-order valence-electron chi connectivity index (χ3n) is 7.26. The summed E-state index contributed by atoms with van der Waals surface area (Å²) in [6.07, 6.45) is 5.11. The number of nitrogens with one attached hydrogen (secondary N) is 1. The Bertz CT molecular complexity index is 852. The molecule has 1 aromatic carbocycles. The zero-order valence-electron chi connectivity index (χ0n) is 17.6. The smallest absolute Gasteiger partial charge is 0.260 e. The molecule has 4 aliphatic heterocycles. The number of morpholine rings is 1. The van der Waals surface area contributed by atoms with Crippen LogP contribution in [0.2, 0.25) is 0 Å². The average molecular weight is 432 g/mol. The van der Waals surface area contributed by atoms with E-state index >= 15 is 0 Å². The number of benzene rings is 1. The fourth-order valence-electron chi connectivity index (χ4n) is 5.68. The molecule has 168 valence electrons. The van der Waals surface area contributed by atoms with Gasteiger partial charge in [-0.1, -0.05) is 0 Å². The van der Waals surface area contributed by atoms with Crippen molar-refractivity contribution in [2.45, 2.75) is 62.1 Å². The van der Waals surface area contributed by atoms with Crippen molar-refractivity contribution in [1.82, 2.24) is 10.2 Å². The minimum atomic E-state index is -0.637. The normalized spacial score (nSPS) is 34.0. The highest BCUT2D eigenvalue weighted by atomic mass is 19.1. The van der Waals surface area contributed by atoms with Gasteiger partial charge in [-0.05, 0) is 62.6 Å². The number of carbonyl (C=O) groups is 2. The first kappa shape index (κ1) is 20.7. The van der Waals surface area contributed by atoms with E-state index in [1.165, 1.54) is 6.07 Å². The van der Waals surface area contributed by atoms with Gasteiger partial charge in [0.2, 0.25) is 5.91 Å². The van der Waals surface area contributed by atoms with E-state index in [9.17, 15) is 14.0 Å². The standard InChI is InChI=1S/C23H29FN2O5/c24-16-4-7-19-18(10-16)15-2-5-17(6-3-15)30-11-20-23(14-29-12-21(27)25-23)8-1-9-26(20)22(28)13-31-19/h4,7,10,15,17,20H,1-3,5-6,8-9,11-14H2,(H,25,27)/t15-,17+,20-,23+/m1/s1. The summed E-state index contributed by atoms with van der Waals surface area (Å²) in [6.45, 7) is 1.22. The van der Waals surface area contributed by atoms with Crippen molar-refractivity contribution >= 4 is 11.8 Å². The molecule has 2 atom stereocenters. The molecule has 2 amide bonds. The lowest BCUT2D eigenvalue weighted by atomic mass is 9.80. The summed E-state index contributed by atoms with van der Waals surface area (Å²) in [5.74, 6) is 0.172. The maximum Gasteiger partial charge on any atom is 0.260 e. The third kappa shape index (κ3) is 4.03. The van der Waals surface area contributed by atoms with Gasteiger partial charge in [-0.15, -0.1) is 0 Å². The Kier molecular flexibility index (Phi) is 5.60. The van der Waals surface area contributed by atoms with Crippen LogP contribution in [0.3, 0.4) is 0 Å². The number of hydrogen-bond acceptors (Lipinski definition) is 5. The molecule has 1 N–H and O–H groups in total. The van der Waals surface area contributed by atoms with Crippen molar-refractivity contribution in [1.29, 1.82) is 0 Å². The van der Waals surface area contributed by atoms with Crippen LogP contribution in [0.15, 0.2) is 18.2 Å². The van der Waals surface area contributed by atoms with Crippen molar-refractivity contribution in [2.75, 3.05) is 33.0 Å². The van der Waals surface area contributed by atoms with Crippen LogP contribution in [-0.2, 0) is 19.1 Å². The molecule has 6 rings (SSSR count). The van der Waals surface area contributed by atoms with Crippen LogP contribution in [0.4, 0.5) is 4.39 Å². The number of piperidine rings is 1. The number of carbonyl (C=O) groups excluding carboxylic acids is 2. The largest absolute Gasteiger partial charge is 0.483 e. The average Bonchev–Trinajstić information content (AvgIpc) is 2.78. The molecule has 4 heterocycles. The minimum Gasteiger partial charge on any atom is -0.483 e. The molecule has 31 heavy (non-hydrogen) atoms. The van der Waals surface area contributed by atoms with Crippen molar-refractivity contribution < 1.29 is 28.2 Å². The molecule has 0 aromatic heterocycles. The first-order chi connectivity index (χ1) is 15.0. The van der Waals surface area contributed by atoms with E-state index in [1.807, 2.05) is 0 Å². The predicted octanol–water partition coefficient (Wildman–Crippen LogP) is 2.14. The summed E-state index contributed by atoms with van der Waals surface area (Å²) in [4.78, 5) is 27.2. The van der Waals surface area contributed by atoms with Crippen LogP contribution in [0, 0.1) is 5.82 Å². The van der Waals surface area contributed by atoms with Crippen LogP contribution < -0.4 is 10.1 Å². The van der Waals surface area contributed by atoms with Gasteiger partial charge in [0.1, 0.15) is 18.2 Å². The molecule has 1 saturated carbocycles. The molecule has 0 unspecified atom stereocenters. The molecule has 1 spiro atoms. The Morgan fingerprint density at radius 2 is 1.97 bits per heavy atom. The molecule has 3 fully saturated rings. The monoisotopic (exact) mass is 432 g/mol. The fourth-order valence-corrected chi connectivity index (χ4v) is 5.68. The van der Waals surface area contributed by atoms with Gasteiger partial charge in [-0.3, -0.25) is 9.59 Å². The molecular weight excluding hydrogens is 403 g/mol. The SMILES string of the molecule is O=C1COC[C@]2(CCCN3C(=O)COc4ccc(F)cc4[C@H]4CC[C@H](CC4)OC[C@@H]32)N1. The predicted molar refractivity (Wildman–Crippen MR) is 109 cm³/mol. The summed E-state index contributed by atoms with van der Waals surface area (Å²) < 4.78 is 31.8. The van der Waals surface area contributed by atoms with Crippen LogP contribution in [-0.4, -0.2) is 67.4 Å². The molecule has 0 radical (unpaired) electrons. The summed E-state index contributed by atoms with van der Waals surface area (Å²) in [5.41, 5.74) is 0.201. The van der Waals surface area contributed by atoms with Gasteiger partial charge < -0.3 is 24.4 Å². The van der Waals surface area contributed by atoms with Crippen LogP contribution in [0.5, 0.6) is 5.75 Å². The number of rotatable bonds is 0. The Balaban J connectivity index is 1.46. The van der Waals surface area contributed by atoms with Crippen molar-refractivity contribution in [3.63, 3.8) is 0 Å². The Morgan fingerprint density at radius 1 is 1.13 bits per heavy atom. The first-order valence-corrected chi connectivity index (χ1v) is 11.3. The van der Waals surface area contributed by atoms with Crippen LogP contribution >= 0.6 is 0 Å². The molecule has 2 saturated heterocycles. The molecule has 7 nitrogen and oxygen atoms in total. The highest BCUT2D eigenvalue weighted by Gasteiger charge is 2.49. The number of amides is 2. The lowest BCUT2D eigenvalue weighted by molar-refractivity contribution is -0.156. The first-order valence-electron chi connectivity index (χ1n) is 11.3. The molecule has 5 aliphatic rings. The Labute approximate surface area is 181 Å². The van der Waals surface area contributed by atoms with Gasteiger partial charge in [0.25, 0.3) is 5.91 Å². The topological polar surface area (TPSA) is 77.1 Å². The van der Waals surface area contributed by atoms with E-state index in [2.05, 4.69) is 5.32 Å². The number of ether oxygens (including phenoxy) is 3. The quantitative estimate of drug-likeness (QED) is 0.680. The van der Waals surface area contributed by atoms with E-state index < -0.39 is 5.54 Å². The van der Waals surface area contributed by atoms with Gasteiger partial charge in [0.05, 0.1) is 30.9 Å². The maximum atomic E-state index is 14.0.